The molecule has 3 N–H and O–H groups in total. The van der Waals surface area contributed by atoms with Gasteiger partial charge in [0.25, 0.3) is 5.91 Å². The van der Waals surface area contributed by atoms with E-state index in [2.05, 4.69) is 21.7 Å². The first kappa shape index (κ1) is 22.5. The highest BCUT2D eigenvalue weighted by atomic mass is 16.5. The van der Waals surface area contributed by atoms with Gasteiger partial charge in [0.05, 0.1) is 11.6 Å². The Kier molecular flexibility index (Phi) is 6.68. The molecule has 0 spiro atoms. The van der Waals surface area contributed by atoms with Crippen LogP contribution >= 0.6 is 0 Å². The van der Waals surface area contributed by atoms with E-state index >= 15 is 0 Å². The lowest BCUT2D eigenvalue weighted by atomic mass is 9.96. The van der Waals surface area contributed by atoms with Crippen LogP contribution in [0, 0.1) is 25.2 Å². The fraction of sp³-hybridized carbons (Fsp3) is 0.269. The zero-order valence-corrected chi connectivity index (χ0v) is 18.6. The highest BCUT2D eigenvalue weighted by Crippen LogP contribution is 2.30. The number of β-amino-alcohol motifs (C(OH)–C–C–N with tert-alkyl or cyclic N) is 1. The molecule has 168 valence electrons. The predicted molar refractivity (Wildman–Crippen MR) is 125 cm³/mol. The van der Waals surface area contributed by atoms with Gasteiger partial charge in [-0.3, -0.25) is 9.78 Å². The average molecular weight is 443 g/mol. The summed E-state index contributed by atoms with van der Waals surface area (Å²) in [5.74, 6) is 0.199. The Morgan fingerprint density at radius 2 is 2.06 bits per heavy atom. The summed E-state index contributed by atoms with van der Waals surface area (Å²) in [5.41, 5.74) is 5.13. The lowest BCUT2D eigenvalue weighted by molar-refractivity contribution is 0.0736. The summed E-state index contributed by atoms with van der Waals surface area (Å²) in [6.45, 7) is 5.15. The van der Waals surface area contributed by atoms with Crippen LogP contribution in [-0.2, 0) is 6.54 Å². The summed E-state index contributed by atoms with van der Waals surface area (Å²) in [7, 11) is 0. The van der Waals surface area contributed by atoms with E-state index in [9.17, 15) is 15.2 Å². The number of nitriles is 1. The molecule has 2 heterocycles. The molecule has 1 aromatic heterocycles. The number of nitrogens with one attached hydrogen (secondary N) is 2. The van der Waals surface area contributed by atoms with E-state index in [1.807, 2.05) is 44.2 Å². The minimum atomic E-state index is -0.631. The molecule has 2 unspecified atom stereocenters. The highest BCUT2D eigenvalue weighted by molar-refractivity contribution is 5.96. The molecule has 33 heavy (non-hydrogen) atoms. The molecule has 0 saturated carbocycles. The molecule has 2 aromatic carbocycles. The van der Waals surface area contributed by atoms with Crippen LogP contribution < -0.4 is 15.4 Å². The number of hydrogen-bond donors (Lipinski definition) is 3. The smallest absolute Gasteiger partial charge is 0.251 e. The van der Waals surface area contributed by atoms with Gasteiger partial charge in [0.15, 0.2) is 0 Å². The van der Waals surface area contributed by atoms with E-state index in [1.165, 1.54) is 0 Å². The fourth-order valence-electron chi connectivity index (χ4n) is 3.78. The normalized spacial score (nSPS) is 17.4. The molecular weight excluding hydrogens is 416 g/mol. The molecule has 0 aliphatic carbocycles. The molecule has 1 amide bonds. The first-order valence-electron chi connectivity index (χ1n) is 10.8. The lowest BCUT2D eigenvalue weighted by Gasteiger charge is -2.18. The Labute approximate surface area is 193 Å². The number of aromatic nitrogens is 1. The van der Waals surface area contributed by atoms with E-state index < -0.39 is 12.2 Å². The van der Waals surface area contributed by atoms with E-state index in [-0.39, 0.29) is 5.91 Å². The van der Waals surface area contributed by atoms with Crippen LogP contribution in [0.4, 0.5) is 0 Å². The summed E-state index contributed by atoms with van der Waals surface area (Å²) >= 11 is 0. The molecule has 2 atom stereocenters. The van der Waals surface area contributed by atoms with E-state index in [1.54, 1.807) is 24.4 Å². The summed E-state index contributed by atoms with van der Waals surface area (Å²) < 4.78 is 6.03. The van der Waals surface area contributed by atoms with Gasteiger partial charge in [-0.15, -0.1) is 0 Å². The Bertz CT molecular complexity index is 1200. The fourth-order valence-corrected chi connectivity index (χ4v) is 3.78. The molecular formula is C26H26N4O3. The minimum absolute atomic E-state index is 0.266. The van der Waals surface area contributed by atoms with Gasteiger partial charge in [-0.1, -0.05) is 18.2 Å². The maximum atomic E-state index is 13.0. The van der Waals surface area contributed by atoms with Crippen molar-refractivity contribution in [2.24, 2.45) is 0 Å². The number of carbonyl (C=O) groups excluding carboxylic acids is 1. The molecule has 7 heteroatoms. The summed E-state index contributed by atoms with van der Waals surface area (Å²) in [6, 6.07) is 16.9. The Balaban J connectivity index is 1.65. The maximum absolute atomic E-state index is 13.0. The van der Waals surface area contributed by atoms with Gasteiger partial charge >= 0.3 is 0 Å². The van der Waals surface area contributed by atoms with Gasteiger partial charge < -0.3 is 20.5 Å². The molecule has 0 bridgehead atoms. The molecule has 0 radical (unpaired) electrons. The van der Waals surface area contributed by atoms with Crippen molar-refractivity contribution in [3.63, 3.8) is 0 Å². The zero-order valence-electron chi connectivity index (χ0n) is 18.6. The van der Waals surface area contributed by atoms with Crippen LogP contribution in [-0.4, -0.2) is 41.3 Å². The number of aliphatic hydroxyl groups excluding tert-OH is 1. The van der Waals surface area contributed by atoms with Crippen LogP contribution in [0.25, 0.3) is 11.1 Å². The average Bonchev–Trinajstić information content (AvgIpc) is 3.22. The van der Waals surface area contributed by atoms with Gasteiger partial charge in [0, 0.05) is 37.1 Å². The quantitative estimate of drug-likeness (QED) is 0.542. The number of carbonyl (C=O) groups is 1. The molecule has 7 nitrogen and oxygen atoms in total. The topological polar surface area (TPSA) is 107 Å². The predicted octanol–water partition coefficient (Wildman–Crippen LogP) is 2.88. The highest BCUT2D eigenvalue weighted by Gasteiger charge is 2.27. The number of benzene rings is 2. The second kappa shape index (κ2) is 9.82. The third-order valence-corrected chi connectivity index (χ3v) is 5.62. The summed E-state index contributed by atoms with van der Waals surface area (Å²) in [4.78, 5) is 17.3. The standard InChI is InChI=1S/C26H26N4O3/c1-16-3-6-23(21(7-16)11-27)19-8-20(10-22(9-19)33-25-15-28-14-24(25)31)26(32)30-13-18-5-4-17(2)29-12-18/h3-10,12,24-25,28,31H,13-15H2,1-2H3,(H,30,32). The van der Waals surface area contributed by atoms with E-state index in [4.69, 9.17) is 4.74 Å². The van der Waals surface area contributed by atoms with Crippen LogP contribution in [0.5, 0.6) is 5.75 Å². The number of aryl methyl sites for hydroxylation is 2. The molecule has 1 aliphatic rings. The maximum Gasteiger partial charge on any atom is 0.251 e. The first-order chi connectivity index (χ1) is 15.9. The van der Waals surface area contributed by atoms with Crippen molar-refractivity contribution in [1.29, 1.82) is 5.26 Å². The molecule has 3 aromatic rings. The van der Waals surface area contributed by atoms with Crippen LogP contribution in [0.1, 0.15) is 32.7 Å². The second-order valence-corrected chi connectivity index (χ2v) is 8.28. The first-order valence-corrected chi connectivity index (χ1v) is 10.8. The van der Waals surface area contributed by atoms with Crippen molar-refractivity contribution in [3.05, 3.63) is 82.7 Å². The van der Waals surface area contributed by atoms with E-state index in [0.29, 0.717) is 42.1 Å². The summed E-state index contributed by atoms with van der Waals surface area (Å²) in [5, 5.41) is 25.8. The number of nitrogens with zero attached hydrogens (tertiary/aromatic N) is 2. The molecule has 1 aliphatic heterocycles. The Morgan fingerprint density at radius 1 is 1.21 bits per heavy atom. The second-order valence-electron chi connectivity index (χ2n) is 8.28. The number of hydrogen-bond acceptors (Lipinski definition) is 6. The number of aliphatic hydroxyl groups is 1. The van der Waals surface area contributed by atoms with Crippen LogP contribution in [0.2, 0.25) is 0 Å². The van der Waals surface area contributed by atoms with Gasteiger partial charge in [0.1, 0.15) is 18.0 Å². The summed E-state index contributed by atoms with van der Waals surface area (Å²) in [6.07, 6.45) is 0.692. The van der Waals surface area contributed by atoms with Gasteiger partial charge in [-0.25, -0.2) is 0 Å². The third-order valence-electron chi connectivity index (χ3n) is 5.62. The third kappa shape index (κ3) is 5.37. The number of amides is 1. The van der Waals surface area contributed by atoms with Crippen molar-refractivity contribution >= 4 is 5.91 Å². The van der Waals surface area contributed by atoms with E-state index in [0.717, 1.165) is 22.4 Å². The van der Waals surface area contributed by atoms with Gasteiger partial charge in [0.2, 0.25) is 0 Å². The van der Waals surface area contributed by atoms with Gasteiger partial charge in [-0.05, 0) is 66.4 Å². The van der Waals surface area contributed by atoms with Crippen molar-refractivity contribution in [2.75, 3.05) is 13.1 Å². The Morgan fingerprint density at radius 3 is 2.76 bits per heavy atom. The zero-order chi connectivity index (χ0) is 23.4. The minimum Gasteiger partial charge on any atom is -0.486 e. The van der Waals surface area contributed by atoms with Crippen molar-refractivity contribution in [1.82, 2.24) is 15.6 Å². The van der Waals surface area contributed by atoms with Crippen LogP contribution in [0.15, 0.2) is 54.7 Å². The number of ether oxygens (including phenoxy) is 1. The largest absolute Gasteiger partial charge is 0.486 e. The van der Waals surface area contributed by atoms with Crippen molar-refractivity contribution in [2.45, 2.75) is 32.6 Å². The molecule has 4 rings (SSSR count). The Hall–Kier alpha value is -3.73. The number of rotatable bonds is 6. The lowest BCUT2D eigenvalue weighted by Crippen LogP contribution is -2.30. The SMILES string of the molecule is Cc1ccc(-c2cc(OC3CNCC3O)cc(C(=O)NCc3ccc(C)nc3)c2)c(C#N)c1. The van der Waals surface area contributed by atoms with Crippen LogP contribution in [0.3, 0.4) is 0 Å². The monoisotopic (exact) mass is 442 g/mol. The molecule has 1 saturated heterocycles. The van der Waals surface area contributed by atoms with Crippen molar-refractivity contribution < 1.29 is 14.6 Å². The van der Waals surface area contributed by atoms with Gasteiger partial charge in [-0.2, -0.15) is 5.26 Å². The molecule has 1 fully saturated rings. The van der Waals surface area contributed by atoms with Crippen molar-refractivity contribution in [3.8, 4) is 22.9 Å². The number of pyridine rings is 1.